The predicted octanol–water partition coefficient (Wildman–Crippen LogP) is 0.405. The van der Waals surface area contributed by atoms with Crippen molar-refractivity contribution in [2.24, 2.45) is 0 Å². The van der Waals surface area contributed by atoms with Gasteiger partial charge in [0.25, 0.3) is 0 Å². The van der Waals surface area contributed by atoms with E-state index in [1.807, 2.05) is 4.90 Å². The molecule has 2 atom stereocenters. The zero-order valence-corrected chi connectivity index (χ0v) is 11.5. The van der Waals surface area contributed by atoms with Gasteiger partial charge in [0.2, 0.25) is 0 Å². The summed E-state index contributed by atoms with van der Waals surface area (Å²) in [5, 5.41) is 0. The van der Waals surface area contributed by atoms with Crippen LogP contribution in [0.5, 0.6) is 0 Å². The van der Waals surface area contributed by atoms with Crippen LogP contribution in [0.3, 0.4) is 0 Å². The summed E-state index contributed by atoms with van der Waals surface area (Å²) in [6, 6.07) is 0.990. The molecule has 0 aliphatic carbocycles. The predicted molar refractivity (Wildman–Crippen MR) is 64.5 cm³/mol. The molecule has 5 heteroatoms. The summed E-state index contributed by atoms with van der Waals surface area (Å²) in [5.41, 5.74) is 0. The van der Waals surface area contributed by atoms with Crippen LogP contribution in [0.1, 0.15) is 46.0 Å². The number of piperidine rings is 1. The first-order valence-corrected chi connectivity index (χ1v) is 7.95. The number of nitrogens with one attached hydrogen (secondary N) is 1. The Kier molecular flexibility index (Phi) is 7.97. The maximum atomic E-state index is 9.08. The van der Waals surface area contributed by atoms with Crippen molar-refractivity contribution >= 4 is 10.1 Å². The minimum atomic E-state index is -3.92. The number of hydrogen-bond acceptors (Lipinski definition) is 3. The molecule has 1 fully saturated rings. The summed E-state index contributed by atoms with van der Waals surface area (Å²) in [4.78, 5) is 1.88. The highest BCUT2D eigenvalue weighted by molar-refractivity contribution is 7.84. The summed E-state index contributed by atoms with van der Waals surface area (Å²) in [6.07, 6.45) is 7.76. The SMILES string of the molecule is CCC[NH+]1CCCCC1CC.CS(=O)(=O)[O-]. The van der Waals surface area contributed by atoms with E-state index in [0.717, 1.165) is 6.04 Å². The lowest BCUT2D eigenvalue weighted by molar-refractivity contribution is -0.930. The molecule has 1 N–H and O–H groups in total. The Morgan fingerprint density at radius 2 is 1.88 bits per heavy atom. The highest BCUT2D eigenvalue weighted by Gasteiger charge is 2.22. The van der Waals surface area contributed by atoms with Gasteiger partial charge >= 0.3 is 0 Å². The molecule has 0 aromatic heterocycles. The molecular formula is C11H25NO3S. The van der Waals surface area contributed by atoms with Crippen molar-refractivity contribution in [1.82, 2.24) is 0 Å². The minimum Gasteiger partial charge on any atom is -0.748 e. The van der Waals surface area contributed by atoms with Crippen LogP contribution in [-0.2, 0) is 10.1 Å². The molecular weight excluding hydrogens is 226 g/mol. The Hall–Kier alpha value is -0.130. The standard InChI is InChI=1S/C10H21N.CH4O3S/c1-3-8-11-9-6-5-7-10(11)4-2;1-5(2,3)4/h10H,3-9H2,1-2H3;1H3,(H,2,3,4). The average molecular weight is 251 g/mol. The van der Waals surface area contributed by atoms with E-state index in [2.05, 4.69) is 13.8 Å². The van der Waals surface area contributed by atoms with Gasteiger partial charge < -0.3 is 9.45 Å². The van der Waals surface area contributed by atoms with Crippen LogP contribution in [0.2, 0.25) is 0 Å². The number of hydrogen-bond donors (Lipinski definition) is 1. The fourth-order valence-electron chi connectivity index (χ4n) is 2.29. The highest BCUT2D eigenvalue weighted by Crippen LogP contribution is 2.05. The summed E-state index contributed by atoms with van der Waals surface area (Å²) >= 11 is 0. The second kappa shape index (κ2) is 8.03. The molecule has 1 heterocycles. The normalized spacial score (nSPS) is 25.8. The monoisotopic (exact) mass is 251 g/mol. The maximum absolute atomic E-state index is 9.08. The molecule has 1 rings (SSSR count). The smallest absolute Gasteiger partial charge is 0.0916 e. The summed E-state index contributed by atoms with van der Waals surface area (Å²) in [5.74, 6) is 0. The van der Waals surface area contributed by atoms with Gasteiger partial charge in [-0.3, -0.25) is 0 Å². The van der Waals surface area contributed by atoms with E-state index < -0.39 is 10.1 Å². The van der Waals surface area contributed by atoms with Gasteiger partial charge in [-0.1, -0.05) is 13.8 Å². The van der Waals surface area contributed by atoms with E-state index in [1.54, 1.807) is 0 Å². The van der Waals surface area contributed by atoms with Crippen molar-refractivity contribution in [3.05, 3.63) is 0 Å². The highest BCUT2D eigenvalue weighted by atomic mass is 32.2. The lowest BCUT2D eigenvalue weighted by Gasteiger charge is -2.31. The molecule has 98 valence electrons. The molecule has 0 amide bonds. The van der Waals surface area contributed by atoms with E-state index in [4.69, 9.17) is 13.0 Å². The third kappa shape index (κ3) is 9.12. The first-order chi connectivity index (χ1) is 7.38. The van der Waals surface area contributed by atoms with Crippen molar-refractivity contribution in [2.45, 2.75) is 52.0 Å². The van der Waals surface area contributed by atoms with Crippen LogP contribution >= 0.6 is 0 Å². The molecule has 1 aliphatic heterocycles. The molecule has 0 aromatic carbocycles. The quantitative estimate of drug-likeness (QED) is 0.739. The van der Waals surface area contributed by atoms with Gasteiger partial charge in [-0.05, 0) is 32.1 Å². The number of rotatable bonds is 3. The van der Waals surface area contributed by atoms with Crippen molar-refractivity contribution in [3.63, 3.8) is 0 Å². The summed E-state index contributed by atoms with van der Waals surface area (Å²) in [7, 11) is -3.92. The van der Waals surface area contributed by atoms with Crippen LogP contribution in [0.15, 0.2) is 0 Å². The lowest BCUT2D eigenvalue weighted by atomic mass is 10.00. The van der Waals surface area contributed by atoms with Crippen LogP contribution in [0.25, 0.3) is 0 Å². The van der Waals surface area contributed by atoms with Gasteiger partial charge in [-0.25, -0.2) is 8.42 Å². The Balaban J connectivity index is 0.000000385. The molecule has 4 nitrogen and oxygen atoms in total. The van der Waals surface area contributed by atoms with E-state index in [1.165, 1.54) is 45.2 Å². The van der Waals surface area contributed by atoms with E-state index in [0.29, 0.717) is 6.26 Å². The number of quaternary nitrogens is 1. The van der Waals surface area contributed by atoms with Crippen LogP contribution in [-0.4, -0.2) is 38.4 Å². The first kappa shape index (κ1) is 15.9. The zero-order valence-electron chi connectivity index (χ0n) is 10.7. The Morgan fingerprint density at radius 3 is 2.31 bits per heavy atom. The van der Waals surface area contributed by atoms with Crippen molar-refractivity contribution in [2.75, 3.05) is 19.3 Å². The molecule has 0 radical (unpaired) electrons. The summed E-state index contributed by atoms with van der Waals surface area (Å²) < 4.78 is 27.2. The van der Waals surface area contributed by atoms with Gasteiger partial charge in [0.15, 0.2) is 0 Å². The van der Waals surface area contributed by atoms with Crippen molar-refractivity contribution < 1.29 is 17.9 Å². The fraction of sp³-hybridized carbons (Fsp3) is 1.00. The van der Waals surface area contributed by atoms with Crippen molar-refractivity contribution in [3.8, 4) is 0 Å². The molecule has 0 bridgehead atoms. The van der Waals surface area contributed by atoms with E-state index >= 15 is 0 Å². The van der Waals surface area contributed by atoms with E-state index in [9.17, 15) is 0 Å². The van der Waals surface area contributed by atoms with Crippen LogP contribution < -0.4 is 4.90 Å². The zero-order chi connectivity index (χ0) is 12.6. The summed E-state index contributed by atoms with van der Waals surface area (Å²) in [6.45, 7) is 7.48. The Labute approximate surface area is 99.8 Å². The second-order valence-electron chi connectivity index (χ2n) is 4.46. The molecule has 1 saturated heterocycles. The third-order valence-electron chi connectivity index (χ3n) is 2.94. The van der Waals surface area contributed by atoms with Gasteiger partial charge in [0, 0.05) is 6.26 Å². The average Bonchev–Trinajstić information content (AvgIpc) is 2.16. The van der Waals surface area contributed by atoms with Gasteiger partial charge in [0.05, 0.1) is 29.2 Å². The molecule has 0 saturated carbocycles. The first-order valence-electron chi connectivity index (χ1n) is 6.13. The second-order valence-corrected chi connectivity index (χ2v) is 5.87. The lowest BCUT2D eigenvalue weighted by Crippen LogP contribution is -3.16. The molecule has 16 heavy (non-hydrogen) atoms. The fourth-order valence-corrected chi connectivity index (χ4v) is 2.29. The Bertz CT molecular complexity index is 254. The topological polar surface area (TPSA) is 61.6 Å². The third-order valence-corrected chi connectivity index (χ3v) is 2.94. The largest absolute Gasteiger partial charge is 0.748 e. The minimum absolute atomic E-state index is 0.604. The molecule has 0 aromatic rings. The van der Waals surface area contributed by atoms with Gasteiger partial charge in [-0.15, -0.1) is 0 Å². The van der Waals surface area contributed by atoms with Crippen molar-refractivity contribution in [1.29, 1.82) is 0 Å². The molecule has 1 aliphatic rings. The van der Waals surface area contributed by atoms with E-state index in [-0.39, 0.29) is 0 Å². The maximum Gasteiger partial charge on any atom is 0.0916 e. The molecule has 0 spiro atoms. The molecule has 2 unspecified atom stereocenters. The van der Waals surface area contributed by atoms with Gasteiger partial charge in [-0.2, -0.15) is 0 Å². The Morgan fingerprint density at radius 1 is 1.31 bits per heavy atom. The number of likely N-dealkylation sites (tertiary alicyclic amines) is 1. The van der Waals surface area contributed by atoms with Gasteiger partial charge in [0.1, 0.15) is 0 Å². The van der Waals surface area contributed by atoms with Crippen LogP contribution in [0, 0.1) is 0 Å². The van der Waals surface area contributed by atoms with Crippen LogP contribution in [0.4, 0.5) is 0 Å².